The molecule has 0 bridgehead atoms. The molecule has 170 valence electrons. The van der Waals surface area contributed by atoms with Crippen LogP contribution in [0.3, 0.4) is 0 Å². The van der Waals surface area contributed by atoms with E-state index in [4.69, 9.17) is 4.74 Å². The Balaban J connectivity index is 0.00000341. The normalized spacial score (nSPS) is 16.6. The second-order valence-electron chi connectivity index (χ2n) is 8.14. The topological polar surface area (TPSA) is 48.9 Å². The molecule has 1 heterocycles. The molecule has 0 saturated carbocycles. The van der Waals surface area contributed by atoms with Gasteiger partial charge in [0.05, 0.1) is 7.11 Å². The van der Waals surface area contributed by atoms with Crippen molar-refractivity contribution < 1.29 is 4.74 Å². The molecule has 5 nitrogen and oxygen atoms in total. The van der Waals surface area contributed by atoms with Gasteiger partial charge in [-0.05, 0) is 55.8 Å². The number of rotatable bonds is 9. The van der Waals surface area contributed by atoms with Crippen LogP contribution in [0.1, 0.15) is 23.1 Å². The largest absolute Gasteiger partial charge is 0.496 e. The first-order valence-corrected chi connectivity index (χ1v) is 11.0. The first-order chi connectivity index (χ1) is 14.7. The SMILES string of the molecule is CN=C(NCCc1cc(C)ccc1OC)NCC1CCN(CCc2ccccc2)C1.I. The highest BCUT2D eigenvalue weighted by molar-refractivity contribution is 14.0. The van der Waals surface area contributed by atoms with E-state index >= 15 is 0 Å². The van der Waals surface area contributed by atoms with Gasteiger partial charge in [-0.1, -0.05) is 48.0 Å². The van der Waals surface area contributed by atoms with E-state index in [2.05, 4.69) is 69.9 Å². The Morgan fingerprint density at radius 3 is 2.68 bits per heavy atom. The van der Waals surface area contributed by atoms with Gasteiger partial charge < -0.3 is 20.3 Å². The average Bonchev–Trinajstić information content (AvgIpc) is 3.23. The summed E-state index contributed by atoms with van der Waals surface area (Å²) in [4.78, 5) is 6.97. The zero-order valence-electron chi connectivity index (χ0n) is 19.1. The number of ether oxygens (including phenoxy) is 1. The first kappa shape index (κ1) is 25.5. The Morgan fingerprint density at radius 1 is 1.13 bits per heavy atom. The molecule has 1 saturated heterocycles. The van der Waals surface area contributed by atoms with Gasteiger partial charge in [-0.25, -0.2) is 0 Å². The summed E-state index contributed by atoms with van der Waals surface area (Å²) in [6, 6.07) is 17.1. The fourth-order valence-electron chi connectivity index (χ4n) is 4.09. The van der Waals surface area contributed by atoms with Crippen molar-refractivity contribution in [1.29, 1.82) is 0 Å². The molecule has 0 aromatic heterocycles. The van der Waals surface area contributed by atoms with Crippen LogP contribution in [-0.2, 0) is 12.8 Å². The van der Waals surface area contributed by atoms with E-state index in [9.17, 15) is 0 Å². The van der Waals surface area contributed by atoms with Crippen molar-refractivity contribution in [3.05, 3.63) is 65.2 Å². The molecular formula is C25H37IN4O. The van der Waals surface area contributed by atoms with Gasteiger partial charge in [-0.2, -0.15) is 0 Å². The van der Waals surface area contributed by atoms with Gasteiger partial charge in [-0.15, -0.1) is 24.0 Å². The van der Waals surface area contributed by atoms with E-state index in [0.29, 0.717) is 5.92 Å². The van der Waals surface area contributed by atoms with E-state index in [-0.39, 0.29) is 24.0 Å². The number of aliphatic imine (C=N–C) groups is 1. The van der Waals surface area contributed by atoms with E-state index in [1.54, 1.807) is 7.11 Å². The van der Waals surface area contributed by atoms with Crippen molar-refractivity contribution in [3.8, 4) is 5.75 Å². The fraction of sp³-hybridized carbons (Fsp3) is 0.480. The summed E-state index contributed by atoms with van der Waals surface area (Å²) >= 11 is 0. The van der Waals surface area contributed by atoms with Crippen molar-refractivity contribution >= 4 is 29.9 Å². The van der Waals surface area contributed by atoms with E-state index < -0.39 is 0 Å². The van der Waals surface area contributed by atoms with Gasteiger partial charge in [0.1, 0.15) is 5.75 Å². The van der Waals surface area contributed by atoms with Crippen LogP contribution in [0, 0.1) is 12.8 Å². The van der Waals surface area contributed by atoms with Crippen LogP contribution in [0.5, 0.6) is 5.75 Å². The van der Waals surface area contributed by atoms with Crippen LogP contribution in [-0.4, -0.2) is 57.7 Å². The molecule has 1 unspecified atom stereocenters. The van der Waals surface area contributed by atoms with Gasteiger partial charge in [-0.3, -0.25) is 4.99 Å². The van der Waals surface area contributed by atoms with E-state index in [0.717, 1.165) is 50.7 Å². The summed E-state index contributed by atoms with van der Waals surface area (Å²) in [6.07, 6.45) is 3.29. The van der Waals surface area contributed by atoms with Crippen LogP contribution < -0.4 is 15.4 Å². The lowest BCUT2D eigenvalue weighted by molar-refractivity contribution is 0.328. The third-order valence-corrected chi connectivity index (χ3v) is 5.83. The molecular weight excluding hydrogens is 499 g/mol. The first-order valence-electron chi connectivity index (χ1n) is 11.0. The van der Waals surface area contributed by atoms with Crippen molar-refractivity contribution in [1.82, 2.24) is 15.5 Å². The summed E-state index contributed by atoms with van der Waals surface area (Å²) in [7, 11) is 3.57. The number of nitrogens with zero attached hydrogens (tertiary/aromatic N) is 2. The number of methoxy groups -OCH3 is 1. The van der Waals surface area contributed by atoms with Crippen LogP contribution >= 0.6 is 24.0 Å². The molecule has 6 heteroatoms. The van der Waals surface area contributed by atoms with Crippen molar-refractivity contribution in [3.63, 3.8) is 0 Å². The Labute approximate surface area is 204 Å². The molecule has 0 amide bonds. The quantitative estimate of drug-likeness (QED) is 0.290. The molecule has 0 aliphatic carbocycles. The number of halogens is 1. The highest BCUT2D eigenvalue weighted by Gasteiger charge is 2.22. The van der Waals surface area contributed by atoms with Gasteiger partial charge >= 0.3 is 0 Å². The molecule has 1 atom stereocenters. The lowest BCUT2D eigenvalue weighted by Gasteiger charge is -2.18. The molecule has 0 spiro atoms. The number of hydrogen-bond acceptors (Lipinski definition) is 3. The Kier molecular flexibility index (Phi) is 11.2. The molecule has 0 radical (unpaired) electrons. The monoisotopic (exact) mass is 536 g/mol. The predicted octanol–water partition coefficient (Wildman–Crippen LogP) is 3.89. The zero-order chi connectivity index (χ0) is 21.2. The number of nitrogens with one attached hydrogen (secondary N) is 2. The summed E-state index contributed by atoms with van der Waals surface area (Å²) in [5.41, 5.74) is 3.91. The molecule has 1 aliphatic rings. The Hall–Kier alpha value is -1.80. The highest BCUT2D eigenvalue weighted by Crippen LogP contribution is 2.20. The van der Waals surface area contributed by atoms with Crippen molar-refractivity contribution in [2.24, 2.45) is 10.9 Å². The minimum atomic E-state index is 0. The second kappa shape index (κ2) is 13.6. The Morgan fingerprint density at radius 2 is 1.94 bits per heavy atom. The number of aryl methyl sites for hydroxylation is 1. The molecule has 31 heavy (non-hydrogen) atoms. The fourth-order valence-corrected chi connectivity index (χ4v) is 4.09. The average molecular weight is 537 g/mol. The zero-order valence-corrected chi connectivity index (χ0v) is 21.4. The van der Waals surface area contributed by atoms with Crippen molar-refractivity contribution in [2.75, 3.05) is 46.9 Å². The van der Waals surface area contributed by atoms with Crippen LogP contribution in [0.4, 0.5) is 0 Å². The molecule has 1 aliphatic heterocycles. The van der Waals surface area contributed by atoms with Crippen LogP contribution in [0.2, 0.25) is 0 Å². The standard InChI is InChI=1S/C25H36N4O.HI/c1-20-9-10-24(30-3)23(17-20)11-14-27-25(26-2)28-18-22-13-16-29(19-22)15-12-21-7-5-4-6-8-21;/h4-10,17,22H,11-16,18-19H2,1-3H3,(H2,26,27,28);1H. The summed E-state index contributed by atoms with van der Waals surface area (Å²) < 4.78 is 5.48. The predicted molar refractivity (Wildman–Crippen MR) is 141 cm³/mol. The van der Waals surface area contributed by atoms with Crippen LogP contribution in [0.15, 0.2) is 53.5 Å². The number of hydrogen-bond donors (Lipinski definition) is 2. The Bertz CT molecular complexity index is 812. The molecule has 2 aromatic carbocycles. The summed E-state index contributed by atoms with van der Waals surface area (Å²) in [5, 5.41) is 6.95. The lowest BCUT2D eigenvalue weighted by atomic mass is 10.1. The van der Waals surface area contributed by atoms with Gasteiger partial charge in [0.25, 0.3) is 0 Å². The third-order valence-electron chi connectivity index (χ3n) is 5.83. The van der Waals surface area contributed by atoms with Crippen molar-refractivity contribution in [2.45, 2.75) is 26.2 Å². The smallest absolute Gasteiger partial charge is 0.190 e. The maximum absolute atomic E-state index is 5.48. The number of guanidine groups is 1. The van der Waals surface area contributed by atoms with Crippen LogP contribution in [0.25, 0.3) is 0 Å². The third kappa shape index (κ3) is 8.33. The lowest BCUT2D eigenvalue weighted by Crippen LogP contribution is -2.41. The minimum Gasteiger partial charge on any atom is -0.496 e. The molecule has 1 fully saturated rings. The summed E-state index contributed by atoms with van der Waals surface area (Å²) in [5.74, 6) is 2.51. The van der Waals surface area contributed by atoms with Gasteiger partial charge in [0.15, 0.2) is 5.96 Å². The second-order valence-corrected chi connectivity index (χ2v) is 8.14. The number of likely N-dealkylation sites (tertiary alicyclic amines) is 1. The maximum Gasteiger partial charge on any atom is 0.190 e. The molecule has 2 aromatic rings. The number of benzene rings is 2. The molecule has 3 rings (SSSR count). The maximum atomic E-state index is 5.48. The highest BCUT2D eigenvalue weighted by atomic mass is 127. The van der Waals surface area contributed by atoms with E-state index in [1.807, 2.05) is 13.1 Å². The van der Waals surface area contributed by atoms with Gasteiger partial charge in [0.2, 0.25) is 0 Å². The van der Waals surface area contributed by atoms with E-state index in [1.165, 1.54) is 29.7 Å². The minimum absolute atomic E-state index is 0. The van der Waals surface area contributed by atoms with Gasteiger partial charge in [0, 0.05) is 33.2 Å². The summed E-state index contributed by atoms with van der Waals surface area (Å²) in [6.45, 7) is 7.41. The molecule has 2 N–H and O–H groups in total.